The van der Waals surface area contributed by atoms with Crippen LogP contribution in [0.1, 0.15) is 18.1 Å². The van der Waals surface area contributed by atoms with Gasteiger partial charge in [-0.05, 0) is 51.1 Å². The topological polar surface area (TPSA) is 111 Å². The third kappa shape index (κ3) is 5.93. The van der Waals surface area contributed by atoms with E-state index in [1.165, 1.54) is 49.4 Å². The molecule has 9 heteroatoms. The first-order valence-electron chi connectivity index (χ1n) is 10.1. The van der Waals surface area contributed by atoms with Gasteiger partial charge in [-0.25, -0.2) is 16.8 Å². The Balaban J connectivity index is 0.00000385. The highest BCUT2D eigenvalue weighted by molar-refractivity contribution is 7.92. The van der Waals surface area contributed by atoms with Crippen molar-refractivity contribution >= 4 is 37.9 Å². The number of nitrogens with two attached hydrogens (primary N) is 1. The molecule has 1 atom stereocenters. The molecular formula is C24H28ClNO5S2. The lowest BCUT2D eigenvalue weighted by Crippen LogP contribution is -2.45. The van der Waals surface area contributed by atoms with Crippen LogP contribution in [0.15, 0.2) is 82.2 Å². The standard InChI is InChI=1S/C24H27NO5S2.ClH/c1-17-4-9-21(10-5-17)31(27,28)15-24(14-20(25)8-13-23(24)19(3)26)16-32(29,30)22-11-6-18(2)7-12-22;/h4-14,23H,15-16,25H2,1-3H3;1H. The van der Waals surface area contributed by atoms with E-state index in [2.05, 4.69) is 0 Å². The van der Waals surface area contributed by atoms with Crippen molar-refractivity contribution in [3.63, 3.8) is 0 Å². The van der Waals surface area contributed by atoms with Gasteiger partial charge in [-0.2, -0.15) is 0 Å². The Hall–Kier alpha value is -2.42. The van der Waals surface area contributed by atoms with Crippen LogP contribution < -0.4 is 5.73 Å². The molecule has 1 unspecified atom stereocenters. The second-order valence-corrected chi connectivity index (χ2v) is 12.4. The van der Waals surface area contributed by atoms with Crippen molar-refractivity contribution in [2.75, 3.05) is 11.5 Å². The van der Waals surface area contributed by atoms with Gasteiger partial charge in [-0.15, -0.1) is 12.4 Å². The van der Waals surface area contributed by atoms with E-state index in [1.807, 2.05) is 13.8 Å². The minimum Gasteiger partial charge on any atom is -0.399 e. The van der Waals surface area contributed by atoms with Crippen LogP contribution in [0.3, 0.4) is 0 Å². The molecule has 0 bridgehead atoms. The van der Waals surface area contributed by atoms with Crippen LogP contribution in [0, 0.1) is 25.2 Å². The van der Waals surface area contributed by atoms with Crippen LogP contribution in [0.2, 0.25) is 0 Å². The summed E-state index contributed by atoms with van der Waals surface area (Å²) < 4.78 is 53.4. The predicted octanol–water partition coefficient (Wildman–Crippen LogP) is 3.58. The summed E-state index contributed by atoms with van der Waals surface area (Å²) in [6.45, 7) is 5.01. The van der Waals surface area contributed by atoms with E-state index in [9.17, 15) is 21.6 Å². The summed E-state index contributed by atoms with van der Waals surface area (Å²) in [6.07, 6.45) is 4.45. The maximum Gasteiger partial charge on any atom is 0.179 e. The number of ketones is 1. The lowest BCUT2D eigenvalue weighted by Gasteiger charge is -2.37. The largest absolute Gasteiger partial charge is 0.399 e. The van der Waals surface area contributed by atoms with E-state index in [0.29, 0.717) is 0 Å². The fraction of sp³-hybridized carbons (Fsp3) is 0.292. The summed E-state index contributed by atoms with van der Waals surface area (Å²) in [5.74, 6) is -2.41. The second-order valence-electron chi connectivity index (χ2n) is 8.47. The van der Waals surface area contributed by atoms with E-state index in [4.69, 9.17) is 5.73 Å². The predicted molar refractivity (Wildman–Crippen MR) is 132 cm³/mol. The van der Waals surface area contributed by atoms with Gasteiger partial charge in [0.15, 0.2) is 19.7 Å². The number of benzene rings is 2. The Morgan fingerprint density at radius 2 is 1.24 bits per heavy atom. The SMILES string of the molecule is CC(=O)C1C=CC(N)=CC1(CS(=O)(=O)c1ccc(C)cc1)CS(=O)(=O)c1ccc(C)cc1.Cl. The molecule has 6 nitrogen and oxygen atoms in total. The maximum absolute atomic E-state index is 13.4. The van der Waals surface area contributed by atoms with Crippen molar-refractivity contribution in [1.82, 2.24) is 0 Å². The molecule has 2 aromatic carbocycles. The zero-order valence-electron chi connectivity index (χ0n) is 18.7. The smallest absolute Gasteiger partial charge is 0.179 e. The van der Waals surface area contributed by atoms with Crippen LogP contribution >= 0.6 is 12.4 Å². The number of hydrogen-bond acceptors (Lipinski definition) is 6. The van der Waals surface area contributed by atoms with E-state index in [1.54, 1.807) is 24.3 Å². The number of Topliss-reactive ketones (excluding diaryl/α,β-unsaturated/α-hetero) is 1. The van der Waals surface area contributed by atoms with Crippen molar-refractivity contribution in [3.8, 4) is 0 Å². The first-order valence-corrected chi connectivity index (χ1v) is 13.4. The van der Waals surface area contributed by atoms with Crippen molar-refractivity contribution in [2.24, 2.45) is 17.1 Å². The van der Waals surface area contributed by atoms with Crippen molar-refractivity contribution < 1.29 is 21.6 Å². The molecular weight excluding hydrogens is 482 g/mol. The summed E-state index contributed by atoms with van der Waals surface area (Å²) in [5, 5.41) is 0. The number of rotatable bonds is 7. The Bertz CT molecular complexity index is 1220. The third-order valence-electron chi connectivity index (χ3n) is 5.67. The van der Waals surface area contributed by atoms with E-state index < -0.39 is 42.5 Å². The zero-order chi connectivity index (χ0) is 23.7. The van der Waals surface area contributed by atoms with Gasteiger partial charge in [0, 0.05) is 17.0 Å². The molecule has 1 aliphatic carbocycles. The number of halogens is 1. The molecule has 1 aliphatic rings. The third-order valence-corrected chi connectivity index (χ3v) is 9.49. The fourth-order valence-electron chi connectivity index (χ4n) is 4.08. The summed E-state index contributed by atoms with van der Waals surface area (Å²) in [5.41, 5.74) is 6.47. The van der Waals surface area contributed by atoms with Gasteiger partial charge < -0.3 is 5.73 Å². The molecule has 0 heterocycles. The van der Waals surface area contributed by atoms with E-state index in [0.717, 1.165) is 11.1 Å². The van der Waals surface area contributed by atoms with Gasteiger partial charge in [0.05, 0.1) is 21.3 Å². The highest BCUT2D eigenvalue weighted by Crippen LogP contribution is 2.41. The highest BCUT2D eigenvalue weighted by Gasteiger charge is 2.47. The van der Waals surface area contributed by atoms with Gasteiger partial charge in [-0.1, -0.05) is 47.5 Å². The number of aryl methyl sites for hydroxylation is 2. The number of sulfone groups is 2. The minimum atomic E-state index is -3.94. The van der Waals surface area contributed by atoms with Crippen LogP contribution in [0.25, 0.3) is 0 Å². The van der Waals surface area contributed by atoms with Gasteiger partial charge in [0.2, 0.25) is 0 Å². The Morgan fingerprint density at radius 1 is 0.848 bits per heavy atom. The number of hydrogen-bond donors (Lipinski definition) is 1. The molecule has 0 spiro atoms. The van der Waals surface area contributed by atoms with Crippen molar-refractivity contribution in [2.45, 2.75) is 30.6 Å². The minimum absolute atomic E-state index is 0. The zero-order valence-corrected chi connectivity index (χ0v) is 21.1. The summed E-state index contributed by atoms with van der Waals surface area (Å²) in [6, 6.07) is 12.7. The first kappa shape index (κ1) is 26.8. The Labute approximate surface area is 201 Å². The van der Waals surface area contributed by atoms with Crippen LogP contribution in [0.4, 0.5) is 0 Å². The number of carbonyl (C=O) groups is 1. The van der Waals surface area contributed by atoms with E-state index >= 15 is 0 Å². The number of allylic oxidation sites excluding steroid dienone is 3. The van der Waals surface area contributed by atoms with Crippen LogP contribution in [0.5, 0.6) is 0 Å². The Kier molecular flexibility index (Phi) is 7.99. The Morgan fingerprint density at radius 3 is 1.61 bits per heavy atom. The summed E-state index contributed by atoms with van der Waals surface area (Å²) in [4.78, 5) is 12.7. The van der Waals surface area contributed by atoms with E-state index in [-0.39, 0.29) is 33.7 Å². The molecule has 2 N–H and O–H groups in total. The molecule has 0 amide bonds. The lowest BCUT2D eigenvalue weighted by molar-refractivity contribution is -0.121. The molecule has 0 aliphatic heterocycles. The molecule has 2 aromatic rings. The molecule has 3 rings (SSSR count). The van der Waals surface area contributed by atoms with Crippen LogP contribution in [-0.2, 0) is 24.5 Å². The van der Waals surface area contributed by atoms with Gasteiger partial charge in [0.1, 0.15) is 5.78 Å². The molecule has 33 heavy (non-hydrogen) atoms. The molecule has 178 valence electrons. The van der Waals surface area contributed by atoms with Gasteiger partial charge >= 0.3 is 0 Å². The second kappa shape index (κ2) is 9.83. The summed E-state index contributed by atoms with van der Waals surface area (Å²) >= 11 is 0. The average Bonchev–Trinajstić information content (AvgIpc) is 2.67. The molecule has 0 fully saturated rings. The lowest BCUT2D eigenvalue weighted by atomic mass is 9.73. The molecule has 0 aromatic heterocycles. The first-order chi connectivity index (χ1) is 14.8. The quantitative estimate of drug-likeness (QED) is 0.610. The fourth-order valence-corrected chi connectivity index (χ4v) is 7.79. The summed E-state index contributed by atoms with van der Waals surface area (Å²) in [7, 11) is -7.87. The van der Waals surface area contributed by atoms with Gasteiger partial charge in [0.25, 0.3) is 0 Å². The number of carbonyl (C=O) groups excluding carboxylic acids is 1. The maximum atomic E-state index is 13.4. The van der Waals surface area contributed by atoms with Crippen molar-refractivity contribution in [1.29, 1.82) is 0 Å². The van der Waals surface area contributed by atoms with Gasteiger partial charge in [-0.3, -0.25) is 4.79 Å². The molecule has 0 saturated carbocycles. The average molecular weight is 510 g/mol. The van der Waals surface area contributed by atoms with Crippen LogP contribution in [-0.4, -0.2) is 34.1 Å². The normalized spacial score (nSPS) is 17.7. The molecule has 0 radical (unpaired) electrons. The van der Waals surface area contributed by atoms with Crippen molar-refractivity contribution in [3.05, 3.63) is 83.6 Å². The molecule has 0 saturated heterocycles. The highest BCUT2D eigenvalue weighted by atomic mass is 35.5. The monoisotopic (exact) mass is 509 g/mol.